The van der Waals surface area contributed by atoms with E-state index < -0.39 is 24.4 Å². The zero-order chi connectivity index (χ0) is 14.8. The SMILES string of the molecule is CC(C(Oc1cccc(Br)c1)C(F)(F)F)C(F)(F)F. The van der Waals surface area contributed by atoms with Crippen LogP contribution in [0.4, 0.5) is 26.3 Å². The molecule has 1 rings (SSSR count). The lowest BCUT2D eigenvalue weighted by Crippen LogP contribution is -2.45. The van der Waals surface area contributed by atoms with Gasteiger partial charge in [0, 0.05) is 4.47 Å². The lowest BCUT2D eigenvalue weighted by Gasteiger charge is -2.28. The largest absolute Gasteiger partial charge is 0.480 e. The molecule has 0 saturated heterocycles. The Morgan fingerprint density at radius 1 is 1.05 bits per heavy atom. The first kappa shape index (κ1) is 16.1. The summed E-state index contributed by atoms with van der Waals surface area (Å²) >= 11 is 3.00. The van der Waals surface area contributed by atoms with Crippen molar-refractivity contribution >= 4 is 15.9 Å². The molecule has 0 saturated carbocycles. The van der Waals surface area contributed by atoms with Gasteiger partial charge in [0.25, 0.3) is 0 Å². The fraction of sp³-hybridized carbons (Fsp3) is 0.455. The van der Waals surface area contributed by atoms with Crippen LogP contribution in [0.3, 0.4) is 0 Å². The minimum Gasteiger partial charge on any atom is -0.480 e. The molecule has 0 amide bonds. The molecule has 0 N–H and O–H groups in total. The molecule has 2 atom stereocenters. The molecule has 0 aromatic heterocycles. The summed E-state index contributed by atoms with van der Waals surface area (Å²) in [6.07, 6.45) is -13.1. The Morgan fingerprint density at radius 2 is 1.63 bits per heavy atom. The Morgan fingerprint density at radius 3 is 2.05 bits per heavy atom. The first-order valence-corrected chi connectivity index (χ1v) is 5.87. The molecule has 0 radical (unpaired) electrons. The van der Waals surface area contributed by atoms with Gasteiger partial charge in [-0.1, -0.05) is 22.0 Å². The number of ether oxygens (including phenoxy) is 1. The monoisotopic (exact) mass is 350 g/mol. The van der Waals surface area contributed by atoms with E-state index in [9.17, 15) is 26.3 Å². The number of alkyl halides is 6. The third-order valence-electron chi connectivity index (χ3n) is 2.35. The zero-order valence-corrected chi connectivity index (χ0v) is 11.1. The summed E-state index contributed by atoms with van der Waals surface area (Å²) in [6.45, 7) is 0.441. The lowest BCUT2D eigenvalue weighted by molar-refractivity contribution is -0.263. The van der Waals surface area contributed by atoms with Crippen molar-refractivity contribution in [1.82, 2.24) is 0 Å². The molecule has 0 bridgehead atoms. The molecule has 8 heteroatoms. The van der Waals surface area contributed by atoms with E-state index in [1.54, 1.807) is 0 Å². The quantitative estimate of drug-likeness (QED) is 0.700. The van der Waals surface area contributed by atoms with Crippen molar-refractivity contribution in [3.63, 3.8) is 0 Å². The van der Waals surface area contributed by atoms with Gasteiger partial charge in [-0.25, -0.2) is 0 Å². The van der Waals surface area contributed by atoms with E-state index >= 15 is 0 Å². The molecule has 1 aromatic carbocycles. The topological polar surface area (TPSA) is 9.23 Å². The van der Waals surface area contributed by atoms with Gasteiger partial charge in [0.1, 0.15) is 5.75 Å². The molecule has 2 unspecified atom stereocenters. The Kier molecular flexibility index (Phi) is 4.76. The highest BCUT2D eigenvalue weighted by Gasteiger charge is 2.54. The fourth-order valence-corrected chi connectivity index (χ4v) is 1.69. The molecule has 1 nitrogen and oxygen atoms in total. The predicted molar refractivity (Wildman–Crippen MR) is 59.8 cm³/mol. The van der Waals surface area contributed by atoms with E-state index in [1.165, 1.54) is 18.2 Å². The van der Waals surface area contributed by atoms with Crippen LogP contribution in [0, 0.1) is 5.92 Å². The summed E-state index contributed by atoms with van der Waals surface area (Å²) in [5.74, 6) is -2.95. The van der Waals surface area contributed by atoms with Crippen molar-refractivity contribution in [2.75, 3.05) is 0 Å². The summed E-state index contributed by atoms with van der Waals surface area (Å²) in [4.78, 5) is 0. The average Bonchev–Trinajstić information content (AvgIpc) is 2.22. The minimum absolute atomic E-state index is 0.284. The summed E-state index contributed by atoms with van der Waals surface area (Å²) in [5.41, 5.74) is 0. The maximum Gasteiger partial charge on any atom is 0.426 e. The highest BCUT2D eigenvalue weighted by atomic mass is 79.9. The first-order valence-electron chi connectivity index (χ1n) is 5.07. The van der Waals surface area contributed by atoms with E-state index in [-0.39, 0.29) is 5.75 Å². The van der Waals surface area contributed by atoms with E-state index in [2.05, 4.69) is 20.7 Å². The van der Waals surface area contributed by atoms with E-state index in [0.29, 0.717) is 11.4 Å². The molecule has 0 fully saturated rings. The van der Waals surface area contributed by atoms with Gasteiger partial charge in [0.15, 0.2) is 0 Å². The van der Waals surface area contributed by atoms with Crippen molar-refractivity contribution in [3.8, 4) is 5.75 Å². The molecule has 0 heterocycles. The third kappa shape index (κ3) is 4.59. The summed E-state index contributed by atoms with van der Waals surface area (Å²) < 4.78 is 80.1. The van der Waals surface area contributed by atoms with E-state index in [0.717, 1.165) is 6.07 Å². The van der Waals surface area contributed by atoms with Crippen LogP contribution in [-0.4, -0.2) is 18.5 Å². The number of rotatable bonds is 3. The molecule has 0 aliphatic rings. The van der Waals surface area contributed by atoms with Crippen LogP contribution < -0.4 is 4.74 Å². The van der Waals surface area contributed by atoms with Gasteiger partial charge < -0.3 is 4.74 Å². The summed E-state index contributed by atoms with van der Waals surface area (Å²) in [7, 11) is 0. The second-order valence-corrected chi connectivity index (χ2v) is 4.78. The van der Waals surface area contributed by atoms with Crippen LogP contribution in [-0.2, 0) is 0 Å². The molecular formula is C11H9BrF6O. The highest BCUT2D eigenvalue weighted by molar-refractivity contribution is 9.10. The zero-order valence-electron chi connectivity index (χ0n) is 9.52. The van der Waals surface area contributed by atoms with Crippen LogP contribution in [0.2, 0.25) is 0 Å². The van der Waals surface area contributed by atoms with Crippen LogP contribution in [0.15, 0.2) is 28.7 Å². The van der Waals surface area contributed by atoms with Crippen molar-refractivity contribution in [2.24, 2.45) is 5.92 Å². The smallest absolute Gasteiger partial charge is 0.426 e. The van der Waals surface area contributed by atoms with Gasteiger partial charge in [0.2, 0.25) is 6.10 Å². The van der Waals surface area contributed by atoms with Crippen molar-refractivity contribution in [2.45, 2.75) is 25.4 Å². The molecule has 19 heavy (non-hydrogen) atoms. The Balaban J connectivity index is 3.00. The fourth-order valence-electron chi connectivity index (χ4n) is 1.31. The van der Waals surface area contributed by atoms with Crippen molar-refractivity contribution in [3.05, 3.63) is 28.7 Å². The summed E-state index contributed by atoms with van der Waals surface area (Å²) in [5, 5.41) is 0. The van der Waals surface area contributed by atoms with Gasteiger partial charge in [0.05, 0.1) is 5.92 Å². The molecule has 0 spiro atoms. The van der Waals surface area contributed by atoms with E-state index in [1.807, 2.05) is 0 Å². The molecule has 0 aliphatic heterocycles. The van der Waals surface area contributed by atoms with E-state index in [4.69, 9.17) is 0 Å². The highest BCUT2D eigenvalue weighted by Crippen LogP contribution is 2.38. The second-order valence-electron chi connectivity index (χ2n) is 3.87. The van der Waals surface area contributed by atoms with Crippen LogP contribution in [0.1, 0.15) is 6.92 Å². The van der Waals surface area contributed by atoms with Crippen molar-refractivity contribution < 1.29 is 31.1 Å². The maximum absolute atomic E-state index is 12.7. The molecule has 108 valence electrons. The number of hydrogen-bond donors (Lipinski definition) is 0. The standard InChI is InChI=1S/C11H9BrF6O/c1-6(10(13,14)15)9(11(16,17)18)19-8-4-2-3-7(12)5-8/h2-6,9H,1H3. The Hall–Kier alpha value is -0.920. The maximum atomic E-state index is 12.7. The lowest BCUT2D eigenvalue weighted by atomic mass is 10.0. The van der Waals surface area contributed by atoms with Gasteiger partial charge in [-0.15, -0.1) is 0 Å². The third-order valence-corrected chi connectivity index (χ3v) is 2.85. The first-order chi connectivity index (χ1) is 8.51. The summed E-state index contributed by atoms with van der Waals surface area (Å²) in [6, 6.07) is 5.21. The number of benzene rings is 1. The molecular weight excluding hydrogens is 342 g/mol. The minimum atomic E-state index is -5.11. The Bertz CT molecular complexity index is 428. The van der Waals surface area contributed by atoms with Gasteiger partial charge >= 0.3 is 12.4 Å². The number of hydrogen-bond acceptors (Lipinski definition) is 1. The van der Waals surface area contributed by atoms with Crippen LogP contribution >= 0.6 is 15.9 Å². The van der Waals surface area contributed by atoms with Crippen LogP contribution in [0.5, 0.6) is 5.75 Å². The molecule has 0 aliphatic carbocycles. The normalized spacial score (nSPS) is 16.0. The van der Waals surface area contributed by atoms with Gasteiger partial charge in [-0.2, -0.15) is 26.3 Å². The van der Waals surface area contributed by atoms with Crippen molar-refractivity contribution in [1.29, 1.82) is 0 Å². The van der Waals surface area contributed by atoms with Crippen LogP contribution in [0.25, 0.3) is 0 Å². The number of halogens is 7. The second kappa shape index (κ2) is 5.60. The van der Waals surface area contributed by atoms with Gasteiger partial charge in [-0.05, 0) is 25.1 Å². The predicted octanol–water partition coefficient (Wildman–Crippen LogP) is 4.96. The Labute approximate surface area is 113 Å². The average molecular weight is 351 g/mol. The van der Waals surface area contributed by atoms with Gasteiger partial charge in [-0.3, -0.25) is 0 Å². The molecule has 1 aromatic rings.